The van der Waals surface area contributed by atoms with Crippen molar-refractivity contribution < 1.29 is 9.32 Å². The second-order valence-corrected chi connectivity index (χ2v) is 4.62. The quantitative estimate of drug-likeness (QED) is 0.819. The molecule has 1 aromatic rings. The third-order valence-electron chi connectivity index (χ3n) is 3.02. The number of hydrogen-bond acceptors (Lipinski definition) is 4. The second-order valence-electron chi connectivity index (χ2n) is 4.62. The summed E-state index contributed by atoms with van der Waals surface area (Å²) in [6, 6.07) is 1.84. The molecule has 1 amide bonds. The number of hydrogen-bond donors (Lipinski definition) is 2. The zero-order valence-corrected chi connectivity index (χ0v) is 10.2. The van der Waals surface area contributed by atoms with E-state index in [-0.39, 0.29) is 5.91 Å². The summed E-state index contributed by atoms with van der Waals surface area (Å²) in [5, 5.41) is 10.0. The molecule has 1 fully saturated rings. The highest BCUT2D eigenvalue weighted by atomic mass is 16.5. The van der Waals surface area contributed by atoms with Crippen molar-refractivity contribution in [3.8, 4) is 0 Å². The van der Waals surface area contributed by atoms with Crippen LogP contribution in [0.25, 0.3) is 0 Å². The average molecular weight is 237 g/mol. The van der Waals surface area contributed by atoms with Crippen LogP contribution in [0.5, 0.6) is 0 Å². The highest BCUT2D eigenvalue weighted by molar-refractivity contribution is 5.76. The Kier molecular flexibility index (Phi) is 4.14. The molecule has 1 aliphatic heterocycles. The largest absolute Gasteiger partial charge is 0.361 e. The maximum Gasteiger partial charge on any atom is 0.220 e. The molecule has 1 unspecified atom stereocenters. The van der Waals surface area contributed by atoms with Crippen LogP contribution in [0.15, 0.2) is 10.6 Å². The van der Waals surface area contributed by atoms with Gasteiger partial charge in [-0.25, -0.2) is 0 Å². The smallest absolute Gasteiger partial charge is 0.220 e. The van der Waals surface area contributed by atoms with Crippen LogP contribution in [0.3, 0.4) is 0 Å². The Hall–Kier alpha value is -1.36. The van der Waals surface area contributed by atoms with Crippen LogP contribution >= 0.6 is 0 Å². The van der Waals surface area contributed by atoms with Crippen molar-refractivity contribution >= 4 is 5.91 Å². The Morgan fingerprint density at radius 2 is 2.59 bits per heavy atom. The van der Waals surface area contributed by atoms with Gasteiger partial charge in [0.05, 0.1) is 6.54 Å². The molecule has 2 rings (SSSR count). The van der Waals surface area contributed by atoms with Crippen LogP contribution in [0.4, 0.5) is 0 Å². The molecule has 0 aliphatic carbocycles. The van der Waals surface area contributed by atoms with Crippen molar-refractivity contribution in [3.63, 3.8) is 0 Å². The van der Waals surface area contributed by atoms with Crippen molar-refractivity contribution in [1.29, 1.82) is 0 Å². The topological polar surface area (TPSA) is 67.2 Å². The number of piperidine rings is 1. The maximum absolute atomic E-state index is 11.7. The lowest BCUT2D eigenvalue weighted by atomic mass is 9.96. The van der Waals surface area contributed by atoms with Crippen molar-refractivity contribution in [2.75, 3.05) is 13.1 Å². The van der Waals surface area contributed by atoms with Gasteiger partial charge in [0.25, 0.3) is 0 Å². The van der Waals surface area contributed by atoms with Crippen molar-refractivity contribution in [2.24, 2.45) is 5.92 Å². The molecule has 5 heteroatoms. The minimum absolute atomic E-state index is 0.0966. The maximum atomic E-state index is 11.7. The van der Waals surface area contributed by atoms with Gasteiger partial charge in [0.1, 0.15) is 11.5 Å². The number of rotatable bonds is 4. The highest BCUT2D eigenvalue weighted by Crippen LogP contribution is 2.13. The van der Waals surface area contributed by atoms with Gasteiger partial charge in [0, 0.05) is 12.5 Å². The first-order valence-electron chi connectivity index (χ1n) is 6.13. The van der Waals surface area contributed by atoms with Crippen LogP contribution in [0.1, 0.15) is 30.7 Å². The Morgan fingerprint density at radius 1 is 1.71 bits per heavy atom. The first kappa shape index (κ1) is 12.1. The molecule has 1 aromatic heterocycles. The number of aromatic nitrogens is 1. The highest BCUT2D eigenvalue weighted by Gasteiger charge is 2.16. The fourth-order valence-corrected chi connectivity index (χ4v) is 2.12. The lowest BCUT2D eigenvalue weighted by molar-refractivity contribution is -0.122. The minimum Gasteiger partial charge on any atom is -0.361 e. The van der Waals surface area contributed by atoms with E-state index in [0.717, 1.165) is 31.0 Å². The van der Waals surface area contributed by atoms with E-state index < -0.39 is 0 Å². The van der Waals surface area contributed by atoms with Gasteiger partial charge in [-0.05, 0) is 38.8 Å². The standard InChI is InChI=1S/C12H19N3O2/c1-9-5-11(15-17-9)8-14-12(16)6-10-3-2-4-13-7-10/h5,10,13H,2-4,6-8H2,1H3,(H,14,16). The average Bonchev–Trinajstić information content (AvgIpc) is 2.74. The Labute approximate surface area is 101 Å². The number of nitrogens with zero attached hydrogens (tertiary/aromatic N) is 1. The first-order valence-corrected chi connectivity index (χ1v) is 6.13. The van der Waals surface area contributed by atoms with Crippen LogP contribution in [0.2, 0.25) is 0 Å². The summed E-state index contributed by atoms with van der Waals surface area (Å²) < 4.78 is 4.94. The molecule has 0 saturated carbocycles. The summed E-state index contributed by atoms with van der Waals surface area (Å²) >= 11 is 0. The number of carbonyl (C=O) groups is 1. The van der Waals surface area contributed by atoms with Gasteiger partial charge >= 0.3 is 0 Å². The molecule has 0 spiro atoms. The summed E-state index contributed by atoms with van der Waals surface area (Å²) in [5.74, 6) is 1.34. The van der Waals surface area contributed by atoms with Gasteiger partial charge in [-0.1, -0.05) is 5.16 Å². The third-order valence-corrected chi connectivity index (χ3v) is 3.02. The molecule has 1 saturated heterocycles. The van der Waals surface area contributed by atoms with E-state index in [1.54, 1.807) is 0 Å². The van der Waals surface area contributed by atoms with Gasteiger partial charge in [0.2, 0.25) is 5.91 Å². The Bertz CT molecular complexity index is 370. The molecule has 94 valence electrons. The van der Waals surface area contributed by atoms with Crippen molar-refractivity contribution in [1.82, 2.24) is 15.8 Å². The molecule has 17 heavy (non-hydrogen) atoms. The van der Waals surface area contributed by atoms with Crippen molar-refractivity contribution in [3.05, 3.63) is 17.5 Å². The first-order chi connectivity index (χ1) is 8.24. The second kappa shape index (κ2) is 5.82. The molecular weight excluding hydrogens is 218 g/mol. The monoisotopic (exact) mass is 237 g/mol. The lowest BCUT2D eigenvalue weighted by Crippen LogP contribution is -2.34. The normalized spacial score (nSPS) is 20.2. The number of aryl methyl sites for hydroxylation is 1. The molecule has 2 N–H and O–H groups in total. The van der Waals surface area contributed by atoms with E-state index in [2.05, 4.69) is 15.8 Å². The number of amides is 1. The van der Waals surface area contributed by atoms with Crippen LogP contribution in [-0.2, 0) is 11.3 Å². The lowest BCUT2D eigenvalue weighted by Gasteiger charge is -2.21. The van der Waals surface area contributed by atoms with E-state index in [1.807, 2.05) is 13.0 Å². The number of carbonyl (C=O) groups excluding carboxylic acids is 1. The Balaban J connectivity index is 1.70. The zero-order valence-electron chi connectivity index (χ0n) is 10.2. The van der Waals surface area contributed by atoms with E-state index in [0.29, 0.717) is 18.9 Å². The molecule has 5 nitrogen and oxygen atoms in total. The predicted molar refractivity (Wildman–Crippen MR) is 63.3 cm³/mol. The fraction of sp³-hybridized carbons (Fsp3) is 0.667. The zero-order chi connectivity index (χ0) is 12.1. The molecule has 0 aromatic carbocycles. The molecule has 1 atom stereocenters. The summed E-state index contributed by atoms with van der Waals surface area (Å²) in [6.45, 7) is 4.33. The van der Waals surface area contributed by atoms with Gasteiger partial charge in [-0.2, -0.15) is 0 Å². The van der Waals surface area contributed by atoms with Gasteiger partial charge in [-0.15, -0.1) is 0 Å². The van der Waals surface area contributed by atoms with Gasteiger partial charge in [-0.3, -0.25) is 4.79 Å². The van der Waals surface area contributed by atoms with E-state index in [9.17, 15) is 4.79 Å². The minimum atomic E-state index is 0.0966. The predicted octanol–water partition coefficient (Wildman–Crippen LogP) is 0.989. The van der Waals surface area contributed by atoms with Crippen LogP contribution in [0, 0.1) is 12.8 Å². The summed E-state index contributed by atoms with van der Waals surface area (Å²) in [7, 11) is 0. The third kappa shape index (κ3) is 3.85. The molecular formula is C12H19N3O2. The molecule has 0 bridgehead atoms. The van der Waals surface area contributed by atoms with Gasteiger partial charge < -0.3 is 15.2 Å². The molecule has 2 heterocycles. The van der Waals surface area contributed by atoms with E-state index in [4.69, 9.17) is 4.52 Å². The SMILES string of the molecule is Cc1cc(CNC(=O)CC2CCCNC2)no1. The van der Waals surface area contributed by atoms with Crippen molar-refractivity contribution in [2.45, 2.75) is 32.7 Å². The van der Waals surface area contributed by atoms with E-state index >= 15 is 0 Å². The summed E-state index contributed by atoms with van der Waals surface area (Å²) in [6.07, 6.45) is 2.91. The van der Waals surface area contributed by atoms with Gasteiger partial charge in [0.15, 0.2) is 0 Å². The van der Waals surface area contributed by atoms with E-state index in [1.165, 1.54) is 6.42 Å². The Morgan fingerprint density at radius 3 is 3.24 bits per heavy atom. The van der Waals surface area contributed by atoms with Crippen LogP contribution < -0.4 is 10.6 Å². The molecule has 0 radical (unpaired) electrons. The van der Waals surface area contributed by atoms with Crippen LogP contribution in [-0.4, -0.2) is 24.2 Å². The summed E-state index contributed by atoms with van der Waals surface area (Å²) in [4.78, 5) is 11.7. The molecule has 1 aliphatic rings. The number of nitrogens with one attached hydrogen (secondary N) is 2. The summed E-state index contributed by atoms with van der Waals surface area (Å²) in [5.41, 5.74) is 0.776. The fourth-order valence-electron chi connectivity index (χ4n) is 2.12.